The molecule has 1 aliphatic heterocycles. The second kappa shape index (κ2) is 18.9. The number of hydrogen-bond acceptors (Lipinski definition) is 5. The van der Waals surface area contributed by atoms with Crippen LogP contribution in [0.15, 0.2) is 24.3 Å². The van der Waals surface area contributed by atoms with Gasteiger partial charge >= 0.3 is 0 Å². The summed E-state index contributed by atoms with van der Waals surface area (Å²) in [7, 11) is 0. The highest BCUT2D eigenvalue weighted by Crippen LogP contribution is 2.31. The molecule has 2 unspecified atom stereocenters. The number of fused-ring (bicyclic) bond motifs is 1. The van der Waals surface area contributed by atoms with Crippen molar-refractivity contribution in [3.05, 3.63) is 24.3 Å². The Kier molecular flexibility index (Phi) is 16.2. The number of nitrogens with zero attached hydrogens (tertiary/aromatic N) is 2. The summed E-state index contributed by atoms with van der Waals surface area (Å²) in [5.41, 5.74) is 0. The Morgan fingerprint density at radius 1 is 0.657 bits per heavy atom. The maximum absolute atomic E-state index is 6.72. The third kappa shape index (κ3) is 11.5. The van der Waals surface area contributed by atoms with Crippen molar-refractivity contribution in [3.63, 3.8) is 0 Å². The van der Waals surface area contributed by atoms with Gasteiger partial charge in [0.05, 0.1) is 0 Å². The Hall–Kier alpha value is -1.30. The molecule has 0 saturated heterocycles. The standard InChI is InChI=1S/C30H54N2O3/c1-5-9-11-15-23-31(7-3)29-21-17-25-33-26-18-22-30(32(8-4)24-16-12-10-6-2)35-28-20-14-13-19-27(28)34-29/h13-14,19-20,29-30H,5-12,15-18,21-26H2,1-4H3. The van der Waals surface area contributed by atoms with E-state index in [1.165, 1.54) is 51.4 Å². The smallest absolute Gasteiger partial charge is 0.163 e. The number of para-hydroxylation sites is 2. The zero-order valence-electron chi connectivity index (χ0n) is 23.3. The summed E-state index contributed by atoms with van der Waals surface area (Å²) >= 11 is 0. The molecule has 1 aromatic carbocycles. The summed E-state index contributed by atoms with van der Waals surface area (Å²) in [6.45, 7) is 14.8. The first-order chi connectivity index (χ1) is 17.2. The highest BCUT2D eigenvalue weighted by atomic mass is 16.5. The number of ether oxygens (including phenoxy) is 3. The van der Waals surface area contributed by atoms with E-state index < -0.39 is 0 Å². The van der Waals surface area contributed by atoms with E-state index in [9.17, 15) is 0 Å². The van der Waals surface area contributed by atoms with E-state index >= 15 is 0 Å². The molecule has 0 amide bonds. The third-order valence-corrected chi connectivity index (χ3v) is 7.08. The van der Waals surface area contributed by atoms with Gasteiger partial charge in [-0.25, -0.2) is 0 Å². The molecule has 5 heteroatoms. The largest absolute Gasteiger partial charge is 0.471 e. The first-order valence-electron chi connectivity index (χ1n) is 14.7. The highest BCUT2D eigenvalue weighted by molar-refractivity contribution is 5.39. The molecule has 1 aromatic rings. The highest BCUT2D eigenvalue weighted by Gasteiger charge is 2.24. The second-order valence-corrected chi connectivity index (χ2v) is 9.87. The van der Waals surface area contributed by atoms with Crippen molar-refractivity contribution < 1.29 is 14.2 Å². The van der Waals surface area contributed by atoms with Crippen LogP contribution in [0.4, 0.5) is 0 Å². The van der Waals surface area contributed by atoms with Crippen LogP contribution in [0.1, 0.15) is 105 Å². The average Bonchev–Trinajstić information content (AvgIpc) is 2.89. The maximum Gasteiger partial charge on any atom is 0.163 e. The van der Waals surface area contributed by atoms with Crippen LogP contribution < -0.4 is 9.47 Å². The molecule has 0 saturated carbocycles. The molecule has 0 spiro atoms. The molecule has 2 atom stereocenters. The Morgan fingerprint density at radius 2 is 1.11 bits per heavy atom. The lowest BCUT2D eigenvalue weighted by molar-refractivity contribution is 0.00125. The van der Waals surface area contributed by atoms with Gasteiger partial charge in [-0.3, -0.25) is 9.80 Å². The van der Waals surface area contributed by atoms with Gasteiger partial charge in [0.25, 0.3) is 0 Å². The molecule has 0 aromatic heterocycles. The fraction of sp³-hybridized carbons (Fsp3) is 0.800. The summed E-state index contributed by atoms with van der Waals surface area (Å²) in [5, 5.41) is 0. The van der Waals surface area contributed by atoms with Crippen molar-refractivity contribution in [2.45, 2.75) is 117 Å². The van der Waals surface area contributed by atoms with Crippen molar-refractivity contribution in [2.24, 2.45) is 0 Å². The van der Waals surface area contributed by atoms with Gasteiger partial charge in [-0.05, 0) is 50.9 Å². The quantitative estimate of drug-likeness (QED) is 0.252. The predicted octanol–water partition coefficient (Wildman–Crippen LogP) is 7.49. The average molecular weight is 491 g/mol. The first-order valence-corrected chi connectivity index (χ1v) is 14.7. The minimum atomic E-state index is 0.0468. The van der Waals surface area contributed by atoms with Crippen molar-refractivity contribution in [1.82, 2.24) is 9.80 Å². The van der Waals surface area contributed by atoms with Gasteiger partial charge in [-0.2, -0.15) is 0 Å². The monoisotopic (exact) mass is 490 g/mol. The van der Waals surface area contributed by atoms with Crippen LogP contribution in [0, 0.1) is 0 Å². The second-order valence-electron chi connectivity index (χ2n) is 9.87. The molecule has 0 aliphatic carbocycles. The molecule has 1 heterocycles. The molecule has 35 heavy (non-hydrogen) atoms. The number of benzene rings is 1. The molecular weight excluding hydrogens is 436 g/mol. The first kappa shape index (κ1) is 29.9. The normalized spacial score (nSPS) is 19.8. The fourth-order valence-electron chi connectivity index (χ4n) is 4.89. The fourth-order valence-corrected chi connectivity index (χ4v) is 4.89. The van der Waals surface area contributed by atoms with Crippen LogP contribution in [0.2, 0.25) is 0 Å². The summed E-state index contributed by atoms with van der Waals surface area (Å²) < 4.78 is 19.5. The minimum Gasteiger partial charge on any atom is -0.471 e. The lowest BCUT2D eigenvalue weighted by Gasteiger charge is -2.33. The van der Waals surface area contributed by atoms with Crippen LogP contribution >= 0.6 is 0 Å². The van der Waals surface area contributed by atoms with E-state index in [-0.39, 0.29) is 12.5 Å². The molecular formula is C30H54N2O3. The summed E-state index contributed by atoms with van der Waals surface area (Å²) in [5.74, 6) is 1.74. The number of rotatable bonds is 14. The van der Waals surface area contributed by atoms with E-state index in [0.717, 1.165) is 76.6 Å². The number of hydrogen-bond donors (Lipinski definition) is 0. The van der Waals surface area contributed by atoms with Crippen LogP contribution in [0.3, 0.4) is 0 Å². The third-order valence-electron chi connectivity index (χ3n) is 7.08. The topological polar surface area (TPSA) is 34.2 Å². The Bertz CT molecular complexity index is 589. The summed E-state index contributed by atoms with van der Waals surface area (Å²) in [6, 6.07) is 8.29. The van der Waals surface area contributed by atoms with E-state index in [2.05, 4.69) is 61.8 Å². The van der Waals surface area contributed by atoms with Gasteiger partial charge in [-0.15, -0.1) is 0 Å². The molecule has 2 rings (SSSR count). The Morgan fingerprint density at radius 3 is 1.51 bits per heavy atom. The summed E-state index contributed by atoms with van der Waals surface area (Å²) in [4.78, 5) is 4.99. The molecule has 0 fully saturated rings. The van der Waals surface area contributed by atoms with Crippen molar-refractivity contribution in [3.8, 4) is 11.5 Å². The Labute approximate surface area is 216 Å². The molecule has 0 bridgehead atoms. The van der Waals surface area contributed by atoms with Gasteiger partial charge in [0, 0.05) is 39.1 Å². The predicted molar refractivity (Wildman–Crippen MR) is 147 cm³/mol. The Balaban J connectivity index is 2.17. The van der Waals surface area contributed by atoms with Gasteiger partial charge < -0.3 is 14.2 Å². The molecule has 0 N–H and O–H groups in total. The molecule has 5 nitrogen and oxygen atoms in total. The SMILES string of the molecule is CCCCCCN(CC)C1CCCOCCCC(N(CC)CCCCCC)Oc2ccccc2O1. The molecule has 202 valence electrons. The molecule has 1 aliphatic rings. The number of unbranched alkanes of at least 4 members (excludes halogenated alkanes) is 6. The van der Waals surface area contributed by atoms with E-state index in [0.29, 0.717) is 0 Å². The lowest BCUT2D eigenvalue weighted by atomic mass is 10.2. The zero-order valence-corrected chi connectivity index (χ0v) is 23.3. The minimum absolute atomic E-state index is 0.0468. The molecule has 0 radical (unpaired) electrons. The van der Waals surface area contributed by atoms with E-state index in [1.807, 2.05) is 0 Å². The van der Waals surface area contributed by atoms with Gasteiger partial charge in [0.2, 0.25) is 0 Å². The maximum atomic E-state index is 6.72. The van der Waals surface area contributed by atoms with Crippen molar-refractivity contribution in [1.29, 1.82) is 0 Å². The van der Waals surface area contributed by atoms with Crippen molar-refractivity contribution in [2.75, 3.05) is 39.4 Å². The lowest BCUT2D eigenvalue weighted by Crippen LogP contribution is -2.41. The van der Waals surface area contributed by atoms with E-state index in [4.69, 9.17) is 14.2 Å². The van der Waals surface area contributed by atoms with Crippen molar-refractivity contribution >= 4 is 0 Å². The zero-order chi connectivity index (χ0) is 25.1. The van der Waals surface area contributed by atoms with Gasteiger partial charge in [-0.1, -0.05) is 78.4 Å². The van der Waals surface area contributed by atoms with Crippen LogP contribution in [-0.2, 0) is 4.74 Å². The van der Waals surface area contributed by atoms with Crippen LogP contribution in [-0.4, -0.2) is 61.6 Å². The van der Waals surface area contributed by atoms with E-state index in [1.54, 1.807) is 0 Å². The van der Waals surface area contributed by atoms with Crippen LogP contribution in [0.25, 0.3) is 0 Å². The van der Waals surface area contributed by atoms with Gasteiger partial charge in [0.1, 0.15) is 0 Å². The van der Waals surface area contributed by atoms with Crippen LogP contribution in [0.5, 0.6) is 11.5 Å². The van der Waals surface area contributed by atoms with Gasteiger partial charge in [0.15, 0.2) is 24.0 Å². The summed E-state index contributed by atoms with van der Waals surface area (Å²) in [6.07, 6.45) is 14.2.